The van der Waals surface area contributed by atoms with Crippen LogP contribution in [0.1, 0.15) is 92.8 Å². The molecule has 8 aliphatic heterocycles. The summed E-state index contributed by atoms with van der Waals surface area (Å²) >= 11 is 0. The Labute approximate surface area is 547 Å². The van der Waals surface area contributed by atoms with Gasteiger partial charge in [0.1, 0.15) is 48.2 Å². The Balaban J connectivity index is 0.690. The van der Waals surface area contributed by atoms with Crippen LogP contribution in [0.3, 0.4) is 0 Å². The molecule has 93 heavy (non-hydrogen) atoms. The second kappa shape index (κ2) is 23.9. The van der Waals surface area contributed by atoms with E-state index in [1.165, 1.54) is 40.7 Å². The summed E-state index contributed by atoms with van der Waals surface area (Å²) in [6.07, 6.45) is 5.87. The molecule has 1 aliphatic carbocycles. The van der Waals surface area contributed by atoms with Crippen molar-refractivity contribution in [1.82, 2.24) is 30.5 Å². The van der Waals surface area contributed by atoms with E-state index in [2.05, 4.69) is 62.2 Å². The van der Waals surface area contributed by atoms with Gasteiger partial charge in [0.25, 0.3) is 5.91 Å². The summed E-state index contributed by atoms with van der Waals surface area (Å²) in [4.78, 5) is 83.5. The highest BCUT2D eigenvalue weighted by molar-refractivity contribution is 8.76. The summed E-state index contributed by atoms with van der Waals surface area (Å²) in [5, 5.41) is 52.9. The Kier molecular flexibility index (Phi) is 16.5. The number of methoxy groups -OCH3 is 3. The molecular weight excluding hydrogens is 1240 g/mol. The van der Waals surface area contributed by atoms with Gasteiger partial charge in [-0.25, -0.2) is 19.8 Å². The molecular formula is C66H84N10O15S2. The van der Waals surface area contributed by atoms with Gasteiger partial charge in [-0.1, -0.05) is 65.8 Å². The Morgan fingerprint density at radius 1 is 0.914 bits per heavy atom. The Bertz CT molecular complexity index is 3780. The van der Waals surface area contributed by atoms with Crippen LogP contribution in [-0.4, -0.2) is 210 Å². The van der Waals surface area contributed by atoms with E-state index >= 15 is 9.59 Å². The lowest BCUT2D eigenvalue weighted by atomic mass is 9.49. The number of piperazine rings is 1. The highest BCUT2D eigenvalue weighted by Crippen LogP contribution is 2.69. The predicted octanol–water partition coefficient (Wildman–Crippen LogP) is 6.07. The number of esters is 1. The zero-order chi connectivity index (χ0) is 65.9. The number of aromatic hydroxyl groups is 2. The van der Waals surface area contributed by atoms with E-state index in [-0.39, 0.29) is 66.5 Å². The Morgan fingerprint density at radius 2 is 1.68 bits per heavy atom. The number of hydrazine groups is 1. The van der Waals surface area contributed by atoms with Gasteiger partial charge in [0, 0.05) is 121 Å². The number of aliphatic hydroxyl groups is 2. The van der Waals surface area contributed by atoms with Crippen LogP contribution in [0.2, 0.25) is 0 Å². The number of hydrogen-bond donors (Lipinski definition) is 9. The minimum absolute atomic E-state index is 0.0304. The fourth-order valence-corrected chi connectivity index (χ4v) is 20.2. The standard InChI is InChI=1S/C66H84N10O15S2/c1-9-61-18-14-20-74-22-19-63(54(61)74)40-27-41(64(57(80)87-7)30-37-29-62(84,10-2)35-73(31-37)21-17-39-38-15-12-13-16-43(38)69-52(39)64)46(86-6)28-44(40)72(5)55(63)65(85,34-61)56(79)70-71-59(82)89-23-25-92-93-26-24-90-60(83)76-45-32-75-49-47(51(78)48(68-11-3)36(4)50(49)77)42(33-91-58(67)81)66(75,88-8)53(45)76/h12-16,18,27-28,33,37,45,53-55,68-69,77-78,84-85H,9-11,17,19-26,29-32,34-35H2,1-8H3,(H2,67,81)(H,70,79)(H,71,82)/t37-,45+,53+,54+,55-,61+,62+,63-,64+,65-,66-,76?/m1/s1. The third-order valence-electron chi connectivity index (χ3n) is 22.1. The number of amides is 4. The quantitative estimate of drug-likeness (QED) is 0.00553. The van der Waals surface area contributed by atoms with Crippen molar-refractivity contribution in [2.75, 3.05) is 114 Å². The number of hydrogen-bond acceptors (Lipinski definition) is 22. The van der Waals surface area contributed by atoms with Crippen LogP contribution < -0.4 is 36.4 Å². The molecule has 9 aliphatic rings. The van der Waals surface area contributed by atoms with Crippen molar-refractivity contribution >= 4 is 85.3 Å². The summed E-state index contributed by atoms with van der Waals surface area (Å²) in [5.41, 5.74) is 8.89. The number of carbonyl (C=O) groups excluding carboxylic acids is 5. The highest BCUT2D eigenvalue weighted by Gasteiger charge is 2.77. The lowest BCUT2D eigenvalue weighted by Gasteiger charge is -2.61. The van der Waals surface area contributed by atoms with Crippen LogP contribution in [0, 0.1) is 18.3 Å². The van der Waals surface area contributed by atoms with Gasteiger partial charge in [-0.2, -0.15) is 0 Å². The molecule has 1 spiro atoms. The van der Waals surface area contributed by atoms with E-state index < -0.39 is 81.5 Å². The van der Waals surface area contributed by atoms with Gasteiger partial charge in [-0.15, -0.1) is 0 Å². The number of para-hydroxylation sites is 1. The van der Waals surface area contributed by atoms with Gasteiger partial charge in [0.15, 0.2) is 11.3 Å². The van der Waals surface area contributed by atoms with Crippen molar-refractivity contribution < 1.29 is 72.8 Å². The molecule has 3 aromatic carbocycles. The maximum atomic E-state index is 15.6. The number of phenolic OH excluding ortho intramolecular Hbond substituents is 2. The number of aromatic nitrogens is 1. The predicted molar refractivity (Wildman–Crippen MR) is 350 cm³/mol. The molecule has 13 rings (SSSR count). The molecule has 9 heterocycles. The van der Waals surface area contributed by atoms with Crippen LogP contribution in [0.5, 0.6) is 17.2 Å². The number of fused-ring (bicyclic) bond motifs is 11. The maximum absolute atomic E-state index is 15.6. The number of H-pyrrole nitrogens is 1. The fourth-order valence-electron chi connectivity index (χ4n) is 18.5. The molecule has 1 saturated carbocycles. The van der Waals surface area contributed by atoms with Crippen LogP contribution in [0.25, 0.3) is 16.5 Å². The highest BCUT2D eigenvalue weighted by atomic mass is 33.1. The van der Waals surface area contributed by atoms with E-state index in [1.807, 2.05) is 50.1 Å². The van der Waals surface area contributed by atoms with E-state index in [0.717, 1.165) is 39.7 Å². The molecule has 500 valence electrons. The molecule has 1 unspecified atom stereocenters. The number of carbonyl (C=O) groups is 5. The number of ether oxygens (including phenoxy) is 6. The number of phenols is 2. The second-order valence-electron chi connectivity index (χ2n) is 26.4. The van der Waals surface area contributed by atoms with E-state index in [0.29, 0.717) is 112 Å². The normalized spacial score (nSPS) is 32.0. The van der Waals surface area contributed by atoms with Gasteiger partial charge in [0.05, 0.1) is 54.4 Å². The van der Waals surface area contributed by atoms with E-state index in [4.69, 9.17) is 34.2 Å². The SMILES string of the molecule is CCNc1c(C)c(O)c2c(c1O)C(=COC(N)=O)[C@@]1(OC)[C@@H]3[C@H](CN21)N3C(=O)OCCSSCCOC(=O)NNC(=O)[C@@]1(O)C[C@]2(CC)C=CCN3CC[C@@]4(c5cc([C@@]6(C(=O)OC)C[C@@H]7CN(CCc8c6[nH]c6ccccc86)C[C@](O)(CC)C7)c(OC)cc5N(C)[C@H]41)[C@@H]32. The number of nitrogens with zero attached hydrogens (tertiary/aromatic N) is 5. The molecule has 5 fully saturated rings. The average molecular weight is 1320 g/mol. The summed E-state index contributed by atoms with van der Waals surface area (Å²) in [6.45, 7) is 11.5. The van der Waals surface area contributed by atoms with Gasteiger partial charge in [-0.05, 0) is 94.5 Å². The Hall–Kier alpha value is -7.27. The summed E-state index contributed by atoms with van der Waals surface area (Å²) in [7, 11) is 9.11. The average Bonchev–Trinajstić information content (AvgIpc) is 1.55. The first-order valence-electron chi connectivity index (χ1n) is 32.1. The fraction of sp³-hybridized carbons (Fsp3) is 0.561. The smallest absolute Gasteiger partial charge is 0.426 e. The molecule has 27 heteroatoms. The van der Waals surface area contributed by atoms with Crippen molar-refractivity contribution in [3.63, 3.8) is 0 Å². The molecule has 4 aromatic rings. The van der Waals surface area contributed by atoms with Gasteiger partial charge < -0.3 is 74.7 Å². The number of aromatic amines is 1. The van der Waals surface area contributed by atoms with Crippen molar-refractivity contribution in [2.24, 2.45) is 17.1 Å². The first-order valence-corrected chi connectivity index (χ1v) is 34.6. The van der Waals surface area contributed by atoms with E-state index in [1.54, 1.807) is 18.9 Å². The van der Waals surface area contributed by atoms with Crippen LogP contribution in [-0.2, 0) is 50.5 Å². The minimum atomic E-state index is -2.11. The van der Waals surface area contributed by atoms with Crippen LogP contribution >= 0.6 is 21.6 Å². The minimum Gasteiger partial charge on any atom is -0.505 e. The van der Waals surface area contributed by atoms with Gasteiger partial charge in [-0.3, -0.25) is 29.7 Å². The monoisotopic (exact) mass is 1320 g/mol. The largest absolute Gasteiger partial charge is 0.505 e. The van der Waals surface area contributed by atoms with Crippen molar-refractivity contribution in [3.8, 4) is 17.2 Å². The molecule has 1 aromatic heterocycles. The zero-order valence-corrected chi connectivity index (χ0v) is 55.4. The molecule has 0 radical (unpaired) electrons. The third-order valence-corrected chi connectivity index (χ3v) is 24.4. The lowest BCUT2D eigenvalue weighted by Crippen LogP contribution is -2.76. The topological polar surface area (TPSA) is 316 Å². The van der Waals surface area contributed by atoms with Crippen molar-refractivity contribution in [1.29, 1.82) is 0 Å². The zero-order valence-electron chi connectivity index (χ0n) is 53.7. The van der Waals surface area contributed by atoms with Gasteiger partial charge in [0.2, 0.25) is 0 Å². The number of primary amides is 1. The van der Waals surface area contributed by atoms with Crippen LogP contribution in [0.15, 0.2) is 54.8 Å². The van der Waals surface area contributed by atoms with Crippen molar-refractivity contribution in [2.45, 2.75) is 125 Å². The van der Waals surface area contributed by atoms with Gasteiger partial charge >= 0.3 is 24.2 Å². The molecule has 4 amide bonds. The number of nitrogens with two attached hydrogens (primary N) is 1. The number of rotatable bonds is 17. The number of likely N-dealkylation sites (N-methyl/N-ethyl adjacent to an activating group) is 1. The van der Waals surface area contributed by atoms with Crippen molar-refractivity contribution in [3.05, 3.63) is 88.3 Å². The first-order chi connectivity index (χ1) is 44.6. The Morgan fingerprint density at radius 3 is 2.39 bits per heavy atom. The first kappa shape index (κ1) is 64.4. The molecule has 12 atom stereocenters. The molecule has 2 bridgehead atoms. The number of piperidine rings is 1. The maximum Gasteiger partial charge on any atom is 0.426 e. The number of nitrogens with one attached hydrogen (secondary N) is 4. The van der Waals surface area contributed by atoms with E-state index in [9.17, 15) is 34.8 Å². The molecule has 25 nitrogen and oxygen atoms in total. The molecule has 4 saturated heterocycles. The number of anilines is 3. The molecule has 10 N–H and O–H groups in total. The number of benzene rings is 3. The van der Waals surface area contributed by atoms with Crippen LogP contribution in [0.4, 0.5) is 31.4 Å². The third kappa shape index (κ3) is 9.60. The summed E-state index contributed by atoms with van der Waals surface area (Å²) in [6, 6.07) is 10.1. The summed E-state index contributed by atoms with van der Waals surface area (Å²) < 4.78 is 35.0. The lowest BCUT2D eigenvalue weighted by molar-refractivity contribution is -0.161. The summed E-state index contributed by atoms with van der Waals surface area (Å²) in [5.74, 6) is -0.556. The second-order valence-corrected chi connectivity index (χ2v) is 29.1.